The van der Waals surface area contributed by atoms with Crippen molar-refractivity contribution in [1.82, 2.24) is 0 Å². The lowest BCUT2D eigenvalue weighted by Crippen LogP contribution is -2.23. The molecular formula is C14H16F3NO. The molecule has 0 heterocycles. The van der Waals surface area contributed by atoms with Crippen LogP contribution in [0, 0.1) is 0 Å². The van der Waals surface area contributed by atoms with E-state index < -0.39 is 6.36 Å². The third-order valence-corrected chi connectivity index (χ3v) is 3.16. The number of rotatable bonds is 2. The Morgan fingerprint density at radius 3 is 2.21 bits per heavy atom. The first kappa shape index (κ1) is 13.9. The maximum Gasteiger partial charge on any atom is 0.573 e. The summed E-state index contributed by atoms with van der Waals surface area (Å²) in [6.45, 7) is 0. The van der Waals surface area contributed by atoms with Crippen LogP contribution >= 0.6 is 0 Å². The van der Waals surface area contributed by atoms with Gasteiger partial charge in [-0.15, -0.1) is 13.2 Å². The maximum atomic E-state index is 12.0. The van der Waals surface area contributed by atoms with Gasteiger partial charge in [-0.3, -0.25) is 0 Å². The fourth-order valence-corrected chi connectivity index (χ4v) is 2.16. The van der Waals surface area contributed by atoms with Gasteiger partial charge in [-0.05, 0) is 43.4 Å². The van der Waals surface area contributed by atoms with E-state index in [0.29, 0.717) is 0 Å². The van der Waals surface area contributed by atoms with Crippen molar-refractivity contribution >= 4 is 6.08 Å². The van der Waals surface area contributed by atoms with Crippen LogP contribution in [0.1, 0.15) is 31.2 Å². The minimum absolute atomic E-state index is 0.194. The van der Waals surface area contributed by atoms with Gasteiger partial charge in [-0.25, -0.2) is 0 Å². The number of hydrogen-bond donors (Lipinski definition) is 1. The molecule has 0 bridgehead atoms. The van der Waals surface area contributed by atoms with Crippen LogP contribution in [0.25, 0.3) is 6.08 Å². The Balaban J connectivity index is 2.00. The number of halogens is 3. The molecule has 0 radical (unpaired) electrons. The van der Waals surface area contributed by atoms with Crippen LogP contribution < -0.4 is 10.5 Å². The van der Waals surface area contributed by atoms with Crippen LogP contribution in [0.4, 0.5) is 13.2 Å². The Bertz CT molecular complexity index is 441. The summed E-state index contributed by atoms with van der Waals surface area (Å²) in [4.78, 5) is 0. The summed E-state index contributed by atoms with van der Waals surface area (Å²) in [6, 6.07) is 6.19. The quantitative estimate of drug-likeness (QED) is 0.886. The van der Waals surface area contributed by atoms with Gasteiger partial charge in [0.25, 0.3) is 0 Å². The second-order valence-electron chi connectivity index (χ2n) is 4.76. The van der Waals surface area contributed by atoms with Gasteiger partial charge in [0.1, 0.15) is 5.75 Å². The lowest BCUT2D eigenvalue weighted by atomic mass is 9.90. The summed E-state index contributed by atoms with van der Waals surface area (Å²) in [6.07, 6.45) is 1.24. The number of nitrogens with two attached hydrogens (primary N) is 1. The van der Waals surface area contributed by atoms with Gasteiger partial charge in [0.15, 0.2) is 0 Å². The average Bonchev–Trinajstić information content (AvgIpc) is 2.33. The number of allylic oxidation sites excluding steroid dienone is 1. The summed E-state index contributed by atoms with van der Waals surface area (Å²) in [5.41, 5.74) is 8.00. The van der Waals surface area contributed by atoms with Gasteiger partial charge in [0.05, 0.1) is 0 Å². The van der Waals surface area contributed by atoms with E-state index in [0.717, 1.165) is 31.2 Å². The van der Waals surface area contributed by atoms with Crippen molar-refractivity contribution in [2.24, 2.45) is 5.73 Å². The van der Waals surface area contributed by atoms with Crippen molar-refractivity contribution in [2.45, 2.75) is 38.1 Å². The molecule has 104 valence electrons. The average molecular weight is 271 g/mol. The van der Waals surface area contributed by atoms with Crippen molar-refractivity contribution < 1.29 is 17.9 Å². The molecule has 0 saturated heterocycles. The van der Waals surface area contributed by atoms with Crippen molar-refractivity contribution in [2.75, 3.05) is 0 Å². The minimum atomic E-state index is -4.64. The third kappa shape index (κ3) is 4.59. The molecule has 2 N–H and O–H groups in total. The Labute approximate surface area is 110 Å². The molecule has 1 saturated carbocycles. The van der Waals surface area contributed by atoms with Gasteiger partial charge < -0.3 is 10.5 Å². The van der Waals surface area contributed by atoms with E-state index in [9.17, 15) is 13.2 Å². The number of ether oxygens (including phenoxy) is 1. The Hall–Kier alpha value is -1.49. The van der Waals surface area contributed by atoms with Gasteiger partial charge in [-0.1, -0.05) is 23.8 Å². The standard InChI is InChI=1S/C14H16F3NO/c15-14(16,17)19-13-7-3-11(4-8-13)9-10-1-5-12(18)6-2-10/h3-4,7-9,12H,1-2,5-6,18H2. The molecule has 1 aromatic carbocycles. The first-order valence-corrected chi connectivity index (χ1v) is 6.23. The van der Waals surface area contributed by atoms with Crippen LogP contribution in [-0.2, 0) is 0 Å². The van der Waals surface area contributed by atoms with Crippen LogP contribution in [0.5, 0.6) is 5.75 Å². The van der Waals surface area contributed by atoms with E-state index in [1.54, 1.807) is 12.1 Å². The Morgan fingerprint density at radius 2 is 1.68 bits per heavy atom. The molecule has 0 amide bonds. The van der Waals surface area contributed by atoms with Crippen molar-refractivity contribution in [3.8, 4) is 5.75 Å². The predicted molar refractivity (Wildman–Crippen MR) is 67.5 cm³/mol. The minimum Gasteiger partial charge on any atom is -0.406 e. The van der Waals surface area contributed by atoms with Crippen LogP contribution in [-0.4, -0.2) is 12.4 Å². The van der Waals surface area contributed by atoms with Crippen LogP contribution in [0.2, 0.25) is 0 Å². The molecule has 1 aromatic rings. The molecule has 0 aliphatic heterocycles. The van der Waals surface area contributed by atoms with Gasteiger partial charge >= 0.3 is 6.36 Å². The molecule has 19 heavy (non-hydrogen) atoms. The summed E-state index contributed by atoms with van der Waals surface area (Å²) < 4.78 is 39.8. The second kappa shape index (κ2) is 5.65. The molecule has 5 heteroatoms. The normalized spacial score (nSPS) is 20.2. The topological polar surface area (TPSA) is 35.2 Å². The SMILES string of the molecule is NC1CCC(=Cc2ccc(OC(F)(F)F)cc2)CC1. The van der Waals surface area contributed by atoms with E-state index in [1.807, 2.05) is 6.08 Å². The van der Waals surface area contributed by atoms with Gasteiger partial charge in [0, 0.05) is 6.04 Å². The van der Waals surface area contributed by atoms with E-state index in [-0.39, 0.29) is 11.8 Å². The smallest absolute Gasteiger partial charge is 0.406 e. The lowest BCUT2D eigenvalue weighted by molar-refractivity contribution is -0.274. The molecule has 1 fully saturated rings. The molecule has 2 rings (SSSR count). The fraction of sp³-hybridized carbons (Fsp3) is 0.429. The maximum absolute atomic E-state index is 12.0. The highest BCUT2D eigenvalue weighted by molar-refractivity contribution is 5.54. The van der Waals surface area contributed by atoms with Crippen molar-refractivity contribution in [3.05, 3.63) is 35.4 Å². The Morgan fingerprint density at radius 1 is 1.11 bits per heavy atom. The summed E-state index contributed by atoms with van der Waals surface area (Å²) in [5, 5.41) is 0. The first-order chi connectivity index (χ1) is 8.92. The molecule has 1 aliphatic rings. The zero-order valence-electron chi connectivity index (χ0n) is 10.4. The number of hydrogen-bond acceptors (Lipinski definition) is 2. The monoisotopic (exact) mass is 271 g/mol. The van der Waals surface area contributed by atoms with Crippen LogP contribution in [0.3, 0.4) is 0 Å². The highest BCUT2D eigenvalue weighted by Crippen LogP contribution is 2.26. The van der Waals surface area contributed by atoms with E-state index in [4.69, 9.17) is 5.73 Å². The first-order valence-electron chi connectivity index (χ1n) is 6.23. The largest absolute Gasteiger partial charge is 0.573 e. The van der Waals surface area contributed by atoms with E-state index in [2.05, 4.69) is 4.74 Å². The van der Waals surface area contributed by atoms with E-state index >= 15 is 0 Å². The van der Waals surface area contributed by atoms with E-state index in [1.165, 1.54) is 17.7 Å². The zero-order valence-corrected chi connectivity index (χ0v) is 10.4. The molecule has 0 atom stereocenters. The van der Waals surface area contributed by atoms with Crippen molar-refractivity contribution in [1.29, 1.82) is 0 Å². The summed E-state index contributed by atoms with van der Waals surface area (Å²) in [5.74, 6) is -0.194. The number of benzene rings is 1. The molecular weight excluding hydrogens is 255 g/mol. The Kier molecular flexibility index (Phi) is 4.14. The molecule has 1 aliphatic carbocycles. The summed E-state index contributed by atoms with van der Waals surface area (Å²) >= 11 is 0. The molecule has 0 aromatic heterocycles. The molecule has 0 spiro atoms. The third-order valence-electron chi connectivity index (χ3n) is 3.16. The fourth-order valence-electron chi connectivity index (χ4n) is 2.16. The van der Waals surface area contributed by atoms with Crippen LogP contribution in [0.15, 0.2) is 29.8 Å². The highest BCUT2D eigenvalue weighted by Gasteiger charge is 2.30. The predicted octanol–water partition coefficient (Wildman–Crippen LogP) is 3.87. The number of alkyl halides is 3. The van der Waals surface area contributed by atoms with Gasteiger partial charge in [0.2, 0.25) is 0 Å². The second-order valence-corrected chi connectivity index (χ2v) is 4.76. The zero-order chi connectivity index (χ0) is 13.9. The summed E-state index contributed by atoms with van der Waals surface area (Å²) in [7, 11) is 0. The molecule has 2 nitrogen and oxygen atoms in total. The highest BCUT2D eigenvalue weighted by atomic mass is 19.4. The van der Waals surface area contributed by atoms with Crippen molar-refractivity contribution in [3.63, 3.8) is 0 Å². The lowest BCUT2D eigenvalue weighted by Gasteiger charge is -2.20. The molecule has 0 unspecified atom stereocenters. The van der Waals surface area contributed by atoms with Gasteiger partial charge in [-0.2, -0.15) is 0 Å².